The molecule has 0 aliphatic carbocycles. The second-order valence-corrected chi connectivity index (χ2v) is 7.59. The summed E-state index contributed by atoms with van der Waals surface area (Å²) in [5.74, 6) is 0.385. The average molecular weight is 419 g/mol. The van der Waals surface area contributed by atoms with Crippen LogP contribution in [0.25, 0.3) is 0 Å². The zero-order valence-electron chi connectivity index (χ0n) is 14.6. The number of carbonyl (C=O) groups excluding carboxylic acids is 1. The van der Waals surface area contributed by atoms with Crippen molar-refractivity contribution in [3.63, 3.8) is 0 Å². The molecule has 1 aromatic heterocycles. The highest BCUT2D eigenvalue weighted by Gasteiger charge is 2.19. The molecular weight excluding hydrogens is 404 g/mol. The molecule has 1 amide bonds. The fourth-order valence-corrected chi connectivity index (χ4v) is 3.50. The van der Waals surface area contributed by atoms with E-state index >= 15 is 0 Å². The highest BCUT2D eigenvalue weighted by Crippen LogP contribution is 2.29. The summed E-state index contributed by atoms with van der Waals surface area (Å²) in [5, 5.41) is 10.1. The van der Waals surface area contributed by atoms with E-state index in [-0.39, 0.29) is 16.1 Å². The van der Waals surface area contributed by atoms with E-state index in [1.54, 1.807) is 24.3 Å². The molecule has 0 saturated heterocycles. The first-order chi connectivity index (χ1) is 13.4. The summed E-state index contributed by atoms with van der Waals surface area (Å²) >= 11 is 6.05. The molecule has 1 heterocycles. The minimum atomic E-state index is -3.95. The standard InChI is InChI=1S/C18H15ClN4O4S/c1-20-18(24)14-10-21-22-11-16(14)23-28(25,26)13-8-6-12(7-9-13)27-17-5-3-2-4-15(17)19/h2-11H,1H3,(H,20,24)(H,21,23). The molecule has 2 N–H and O–H groups in total. The molecule has 10 heteroatoms. The van der Waals surface area contributed by atoms with Crippen LogP contribution in [0.2, 0.25) is 5.02 Å². The number of benzene rings is 2. The Morgan fingerprint density at radius 2 is 1.71 bits per heavy atom. The van der Waals surface area contributed by atoms with Crippen molar-refractivity contribution in [2.75, 3.05) is 11.8 Å². The number of hydrogen-bond acceptors (Lipinski definition) is 6. The number of anilines is 1. The van der Waals surface area contributed by atoms with E-state index in [0.717, 1.165) is 6.20 Å². The zero-order chi connectivity index (χ0) is 20.1. The van der Waals surface area contributed by atoms with E-state index < -0.39 is 15.9 Å². The maximum atomic E-state index is 12.6. The van der Waals surface area contributed by atoms with E-state index in [2.05, 4.69) is 20.2 Å². The van der Waals surface area contributed by atoms with Crippen molar-refractivity contribution in [3.8, 4) is 11.5 Å². The smallest absolute Gasteiger partial charge is 0.261 e. The average Bonchev–Trinajstić information content (AvgIpc) is 2.70. The van der Waals surface area contributed by atoms with Gasteiger partial charge in [-0.05, 0) is 36.4 Å². The molecule has 0 fully saturated rings. The Bertz CT molecular complexity index is 1100. The zero-order valence-corrected chi connectivity index (χ0v) is 16.2. The van der Waals surface area contributed by atoms with Gasteiger partial charge in [-0.25, -0.2) is 8.42 Å². The molecule has 0 saturated carbocycles. The molecule has 0 aliphatic rings. The maximum absolute atomic E-state index is 12.6. The molecule has 0 radical (unpaired) electrons. The Morgan fingerprint density at radius 1 is 1.04 bits per heavy atom. The SMILES string of the molecule is CNC(=O)c1cnncc1NS(=O)(=O)c1ccc(Oc2ccccc2Cl)cc1. The van der Waals surface area contributed by atoms with Gasteiger partial charge in [0.05, 0.1) is 33.6 Å². The topological polar surface area (TPSA) is 110 Å². The minimum Gasteiger partial charge on any atom is -0.456 e. The summed E-state index contributed by atoms with van der Waals surface area (Å²) in [6.07, 6.45) is 2.34. The number of ether oxygens (including phenoxy) is 1. The second-order valence-electron chi connectivity index (χ2n) is 5.51. The highest BCUT2D eigenvalue weighted by molar-refractivity contribution is 7.92. The van der Waals surface area contributed by atoms with Crippen LogP contribution in [-0.2, 0) is 10.0 Å². The Kier molecular flexibility index (Phi) is 5.76. The van der Waals surface area contributed by atoms with Crippen LogP contribution >= 0.6 is 11.6 Å². The summed E-state index contributed by atoms with van der Waals surface area (Å²) in [4.78, 5) is 11.8. The van der Waals surface area contributed by atoms with E-state index in [1.807, 2.05) is 0 Å². The molecule has 0 bridgehead atoms. The lowest BCUT2D eigenvalue weighted by Gasteiger charge is -2.12. The molecule has 28 heavy (non-hydrogen) atoms. The maximum Gasteiger partial charge on any atom is 0.261 e. The Hall–Kier alpha value is -3.17. The molecule has 0 unspecified atom stereocenters. The van der Waals surface area contributed by atoms with E-state index in [0.29, 0.717) is 16.5 Å². The lowest BCUT2D eigenvalue weighted by atomic mass is 10.2. The fraction of sp³-hybridized carbons (Fsp3) is 0.0556. The number of amides is 1. The lowest BCUT2D eigenvalue weighted by Crippen LogP contribution is -2.22. The van der Waals surface area contributed by atoms with Crippen molar-refractivity contribution in [1.29, 1.82) is 0 Å². The van der Waals surface area contributed by atoms with Gasteiger partial charge in [0.25, 0.3) is 15.9 Å². The van der Waals surface area contributed by atoms with Gasteiger partial charge in [-0.3, -0.25) is 9.52 Å². The van der Waals surface area contributed by atoms with Crippen LogP contribution in [0.1, 0.15) is 10.4 Å². The van der Waals surface area contributed by atoms with Gasteiger partial charge >= 0.3 is 0 Å². The first-order valence-electron chi connectivity index (χ1n) is 7.99. The van der Waals surface area contributed by atoms with Gasteiger partial charge < -0.3 is 10.1 Å². The number of rotatable bonds is 6. The van der Waals surface area contributed by atoms with Crippen molar-refractivity contribution in [1.82, 2.24) is 15.5 Å². The monoisotopic (exact) mass is 418 g/mol. The van der Waals surface area contributed by atoms with Crippen LogP contribution in [0.3, 0.4) is 0 Å². The molecule has 0 atom stereocenters. The summed E-state index contributed by atoms with van der Waals surface area (Å²) < 4.78 is 33.3. The number of sulfonamides is 1. The Morgan fingerprint density at radius 3 is 2.39 bits per heavy atom. The number of halogens is 1. The van der Waals surface area contributed by atoms with Crippen LogP contribution < -0.4 is 14.8 Å². The molecule has 3 aromatic rings. The van der Waals surface area contributed by atoms with Crippen LogP contribution in [0.5, 0.6) is 11.5 Å². The lowest BCUT2D eigenvalue weighted by molar-refractivity contribution is 0.0963. The molecule has 0 aliphatic heterocycles. The molecule has 8 nitrogen and oxygen atoms in total. The number of carbonyl (C=O) groups is 1. The predicted octanol–water partition coefficient (Wildman–Crippen LogP) is 3.08. The summed E-state index contributed by atoms with van der Waals surface area (Å²) in [6.45, 7) is 0. The second kappa shape index (κ2) is 8.24. The molecule has 144 valence electrons. The third kappa shape index (κ3) is 4.38. The Labute approximate surface area is 166 Å². The van der Waals surface area contributed by atoms with E-state index in [1.165, 1.54) is 37.5 Å². The van der Waals surface area contributed by atoms with Gasteiger partial charge in [0, 0.05) is 7.05 Å². The normalized spacial score (nSPS) is 10.9. The number of para-hydroxylation sites is 1. The van der Waals surface area contributed by atoms with Gasteiger partial charge in [-0.15, -0.1) is 0 Å². The summed E-state index contributed by atoms with van der Waals surface area (Å²) in [7, 11) is -2.53. The number of nitrogens with zero attached hydrogens (tertiary/aromatic N) is 2. The molecule has 0 spiro atoms. The van der Waals surface area contributed by atoms with Crippen molar-refractivity contribution < 1.29 is 17.9 Å². The quantitative estimate of drug-likeness (QED) is 0.636. The third-order valence-corrected chi connectivity index (χ3v) is 5.34. The van der Waals surface area contributed by atoms with E-state index in [9.17, 15) is 13.2 Å². The van der Waals surface area contributed by atoms with Crippen molar-refractivity contribution >= 4 is 33.2 Å². The van der Waals surface area contributed by atoms with Crippen LogP contribution in [0.4, 0.5) is 5.69 Å². The minimum absolute atomic E-state index is 0.0151. The van der Waals surface area contributed by atoms with Gasteiger partial charge in [0.1, 0.15) is 11.5 Å². The largest absolute Gasteiger partial charge is 0.456 e. The summed E-state index contributed by atoms with van der Waals surface area (Å²) in [5.41, 5.74) is 0.0745. The summed E-state index contributed by atoms with van der Waals surface area (Å²) in [6, 6.07) is 12.7. The van der Waals surface area contributed by atoms with Gasteiger partial charge in [0.15, 0.2) is 0 Å². The van der Waals surface area contributed by atoms with Gasteiger partial charge in [0.2, 0.25) is 0 Å². The van der Waals surface area contributed by atoms with Crippen LogP contribution in [0, 0.1) is 0 Å². The molecular formula is C18H15ClN4O4S. The van der Waals surface area contributed by atoms with Crippen molar-refractivity contribution in [2.45, 2.75) is 4.90 Å². The van der Waals surface area contributed by atoms with E-state index in [4.69, 9.17) is 16.3 Å². The third-order valence-electron chi connectivity index (χ3n) is 3.65. The highest BCUT2D eigenvalue weighted by atomic mass is 35.5. The van der Waals surface area contributed by atoms with Crippen molar-refractivity contribution in [2.24, 2.45) is 0 Å². The van der Waals surface area contributed by atoms with Crippen molar-refractivity contribution in [3.05, 3.63) is 71.5 Å². The fourth-order valence-electron chi connectivity index (χ4n) is 2.26. The predicted molar refractivity (Wildman–Crippen MR) is 104 cm³/mol. The Balaban J connectivity index is 1.82. The number of nitrogens with one attached hydrogen (secondary N) is 2. The van der Waals surface area contributed by atoms with Crippen LogP contribution in [0.15, 0.2) is 65.8 Å². The number of hydrogen-bond donors (Lipinski definition) is 2. The first kappa shape index (κ1) is 19.6. The van der Waals surface area contributed by atoms with Crippen LogP contribution in [-0.4, -0.2) is 31.6 Å². The van der Waals surface area contributed by atoms with Gasteiger partial charge in [-0.2, -0.15) is 10.2 Å². The first-order valence-corrected chi connectivity index (χ1v) is 9.85. The molecule has 2 aromatic carbocycles. The number of aromatic nitrogens is 2. The van der Waals surface area contributed by atoms with Gasteiger partial charge in [-0.1, -0.05) is 23.7 Å². The molecule has 3 rings (SSSR count).